The number of aromatic carboxylic acids is 1. The molecule has 2 amide bonds. The lowest BCUT2D eigenvalue weighted by atomic mass is 9.99. The van der Waals surface area contributed by atoms with Crippen LogP contribution in [0.3, 0.4) is 0 Å². The van der Waals surface area contributed by atoms with Crippen molar-refractivity contribution in [1.29, 1.82) is 0 Å². The molecule has 0 aliphatic rings. The molecule has 0 fully saturated rings. The van der Waals surface area contributed by atoms with Gasteiger partial charge < -0.3 is 15.5 Å². The van der Waals surface area contributed by atoms with Gasteiger partial charge in [0.25, 0.3) is 0 Å². The Morgan fingerprint density at radius 2 is 2.06 bits per heavy atom. The minimum absolute atomic E-state index is 0.0463. The summed E-state index contributed by atoms with van der Waals surface area (Å²) in [6, 6.07) is 0.869. The SMILES string of the molecule is CC(O)C(C)(C)NC(=O)Nc1sccc1C(=O)O. The Morgan fingerprint density at radius 1 is 1.44 bits per heavy atom. The van der Waals surface area contributed by atoms with Crippen molar-refractivity contribution in [2.75, 3.05) is 5.32 Å². The summed E-state index contributed by atoms with van der Waals surface area (Å²) < 4.78 is 0. The van der Waals surface area contributed by atoms with Crippen LogP contribution in [-0.4, -0.2) is 33.9 Å². The smallest absolute Gasteiger partial charge is 0.338 e. The largest absolute Gasteiger partial charge is 0.478 e. The third kappa shape index (κ3) is 3.44. The molecule has 0 radical (unpaired) electrons. The first-order valence-electron chi connectivity index (χ1n) is 5.32. The van der Waals surface area contributed by atoms with Crippen LogP contribution < -0.4 is 10.6 Å². The van der Waals surface area contributed by atoms with Crippen LogP contribution in [0.15, 0.2) is 11.4 Å². The molecule has 18 heavy (non-hydrogen) atoms. The number of aliphatic hydroxyl groups is 1. The van der Waals surface area contributed by atoms with Crippen molar-refractivity contribution in [2.45, 2.75) is 32.4 Å². The lowest BCUT2D eigenvalue weighted by molar-refractivity contribution is 0.0698. The molecule has 0 saturated heterocycles. The first-order chi connectivity index (χ1) is 8.24. The Hall–Kier alpha value is -1.60. The van der Waals surface area contributed by atoms with Crippen LogP contribution in [0.4, 0.5) is 9.80 Å². The van der Waals surface area contributed by atoms with Gasteiger partial charge in [-0.1, -0.05) is 0 Å². The molecule has 1 aromatic rings. The van der Waals surface area contributed by atoms with Crippen molar-refractivity contribution in [3.05, 3.63) is 17.0 Å². The van der Waals surface area contributed by atoms with Gasteiger partial charge >= 0.3 is 12.0 Å². The number of hydrogen-bond donors (Lipinski definition) is 4. The maximum Gasteiger partial charge on any atom is 0.338 e. The predicted octanol–water partition coefficient (Wildman–Crippen LogP) is 1.73. The van der Waals surface area contributed by atoms with Gasteiger partial charge in [-0.3, -0.25) is 5.32 Å². The maximum absolute atomic E-state index is 11.7. The fraction of sp³-hybridized carbons (Fsp3) is 0.455. The molecule has 0 aromatic carbocycles. The standard InChI is InChI=1S/C11H16N2O4S/c1-6(14)11(2,3)13-10(17)12-8-7(9(15)16)4-5-18-8/h4-6,14H,1-3H3,(H,15,16)(H2,12,13,17). The third-order valence-electron chi connectivity index (χ3n) is 2.60. The number of hydrogen-bond acceptors (Lipinski definition) is 4. The number of carbonyl (C=O) groups is 2. The van der Waals surface area contributed by atoms with Gasteiger partial charge in [0.05, 0.1) is 17.2 Å². The Balaban J connectivity index is 2.71. The molecule has 1 heterocycles. The van der Waals surface area contributed by atoms with E-state index in [0.29, 0.717) is 0 Å². The van der Waals surface area contributed by atoms with E-state index >= 15 is 0 Å². The lowest BCUT2D eigenvalue weighted by Gasteiger charge is -2.29. The van der Waals surface area contributed by atoms with Crippen molar-refractivity contribution in [2.24, 2.45) is 0 Å². The molecule has 4 N–H and O–H groups in total. The third-order valence-corrected chi connectivity index (χ3v) is 3.43. The highest BCUT2D eigenvalue weighted by atomic mass is 32.1. The van der Waals surface area contributed by atoms with Crippen LogP contribution in [0, 0.1) is 0 Å². The molecule has 0 aliphatic heterocycles. The summed E-state index contributed by atoms with van der Waals surface area (Å²) in [5.41, 5.74) is -0.755. The molecule has 100 valence electrons. The van der Waals surface area contributed by atoms with E-state index in [1.807, 2.05) is 0 Å². The number of carboxylic acids is 1. The van der Waals surface area contributed by atoms with E-state index in [9.17, 15) is 14.7 Å². The minimum Gasteiger partial charge on any atom is -0.478 e. The second kappa shape index (κ2) is 5.36. The van der Waals surface area contributed by atoms with Crippen molar-refractivity contribution >= 4 is 28.3 Å². The molecule has 1 rings (SSSR count). The molecular weight excluding hydrogens is 256 g/mol. The van der Waals surface area contributed by atoms with Crippen molar-refractivity contribution in [3.63, 3.8) is 0 Å². The maximum atomic E-state index is 11.7. The van der Waals surface area contributed by atoms with Crippen molar-refractivity contribution in [3.8, 4) is 0 Å². The highest BCUT2D eigenvalue weighted by molar-refractivity contribution is 7.14. The first-order valence-corrected chi connectivity index (χ1v) is 6.20. The predicted molar refractivity (Wildman–Crippen MR) is 69.2 cm³/mol. The number of anilines is 1. The van der Waals surface area contributed by atoms with Crippen LogP contribution in [0.5, 0.6) is 0 Å². The number of urea groups is 1. The summed E-state index contributed by atoms with van der Waals surface area (Å²) in [6.07, 6.45) is -0.731. The average Bonchev–Trinajstić information content (AvgIpc) is 2.64. The monoisotopic (exact) mass is 272 g/mol. The van der Waals surface area contributed by atoms with E-state index < -0.39 is 23.6 Å². The number of nitrogens with one attached hydrogen (secondary N) is 2. The fourth-order valence-corrected chi connectivity index (χ4v) is 1.88. The average molecular weight is 272 g/mol. The van der Waals surface area contributed by atoms with Gasteiger partial charge in [-0.15, -0.1) is 11.3 Å². The molecule has 0 bridgehead atoms. The van der Waals surface area contributed by atoms with Crippen LogP contribution in [0.2, 0.25) is 0 Å². The lowest BCUT2D eigenvalue weighted by Crippen LogP contribution is -2.52. The Kier molecular flexibility index (Phi) is 4.31. The quantitative estimate of drug-likeness (QED) is 0.670. The highest BCUT2D eigenvalue weighted by Crippen LogP contribution is 2.23. The van der Waals surface area contributed by atoms with E-state index in [2.05, 4.69) is 10.6 Å². The van der Waals surface area contributed by atoms with Crippen LogP contribution in [0.1, 0.15) is 31.1 Å². The summed E-state index contributed by atoms with van der Waals surface area (Å²) in [5.74, 6) is -1.10. The van der Waals surface area contributed by atoms with Gasteiger partial charge in [-0.25, -0.2) is 9.59 Å². The number of aliphatic hydroxyl groups excluding tert-OH is 1. The minimum atomic E-state index is -1.10. The van der Waals surface area contributed by atoms with Crippen LogP contribution in [-0.2, 0) is 0 Å². The van der Waals surface area contributed by atoms with Crippen LogP contribution >= 0.6 is 11.3 Å². The summed E-state index contributed by atoms with van der Waals surface area (Å²) in [6.45, 7) is 4.90. The summed E-state index contributed by atoms with van der Waals surface area (Å²) in [4.78, 5) is 22.5. The van der Waals surface area contributed by atoms with E-state index in [0.717, 1.165) is 11.3 Å². The van der Waals surface area contributed by atoms with Gasteiger partial charge in [0.2, 0.25) is 0 Å². The number of amides is 2. The zero-order chi connectivity index (χ0) is 13.9. The van der Waals surface area contributed by atoms with E-state index in [4.69, 9.17) is 5.11 Å². The summed E-state index contributed by atoms with van der Waals surface area (Å²) in [5, 5.41) is 25.2. The molecule has 1 unspecified atom stereocenters. The van der Waals surface area contributed by atoms with Gasteiger partial charge in [0, 0.05) is 0 Å². The molecule has 6 nitrogen and oxygen atoms in total. The number of carbonyl (C=O) groups excluding carboxylic acids is 1. The molecular formula is C11H16N2O4S. The second-order valence-electron chi connectivity index (χ2n) is 4.45. The van der Waals surface area contributed by atoms with E-state index in [1.165, 1.54) is 6.07 Å². The number of thiophene rings is 1. The zero-order valence-electron chi connectivity index (χ0n) is 10.4. The Morgan fingerprint density at radius 3 is 2.56 bits per heavy atom. The van der Waals surface area contributed by atoms with Crippen LogP contribution in [0.25, 0.3) is 0 Å². The van der Waals surface area contributed by atoms with Gasteiger partial charge in [0.15, 0.2) is 0 Å². The number of carboxylic acid groups (broad SMARTS) is 1. The molecule has 1 atom stereocenters. The Bertz CT molecular complexity index is 454. The molecule has 0 aliphatic carbocycles. The number of rotatable bonds is 4. The van der Waals surface area contributed by atoms with Crippen molar-refractivity contribution in [1.82, 2.24) is 5.32 Å². The Labute approximate surface area is 109 Å². The molecule has 0 spiro atoms. The molecule has 7 heteroatoms. The van der Waals surface area contributed by atoms with Gasteiger partial charge in [-0.2, -0.15) is 0 Å². The molecule has 1 aromatic heterocycles. The topological polar surface area (TPSA) is 98.7 Å². The summed E-state index contributed by atoms with van der Waals surface area (Å²) in [7, 11) is 0. The fourth-order valence-electron chi connectivity index (χ4n) is 1.11. The van der Waals surface area contributed by atoms with Gasteiger partial charge in [-0.05, 0) is 32.2 Å². The summed E-state index contributed by atoms with van der Waals surface area (Å²) >= 11 is 1.13. The highest BCUT2D eigenvalue weighted by Gasteiger charge is 2.26. The first kappa shape index (κ1) is 14.5. The van der Waals surface area contributed by atoms with Crippen molar-refractivity contribution < 1.29 is 19.8 Å². The van der Waals surface area contributed by atoms with Gasteiger partial charge in [0.1, 0.15) is 5.00 Å². The normalized spacial score (nSPS) is 12.9. The van der Waals surface area contributed by atoms with E-state index in [-0.39, 0.29) is 10.6 Å². The zero-order valence-corrected chi connectivity index (χ0v) is 11.2. The van der Waals surface area contributed by atoms with E-state index in [1.54, 1.807) is 26.2 Å². The molecule has 0 saturated carbocycles. The second-order valence-corrected chi connectivity index (χ2v) is 5.36.